The van der Waals surface area contributed by atoms with Crippen LogP contribution in [0.2, 0.25) is 0 Å². The topological polar surface area (TPSA) is 67.4 Å². The lowest BCUT2D eigenvalue weighted by Gasteiger charge is -2.61. The van der Waals surface area contributed by atoms with E-state index in [0.717, 1.165) is 24.2 Å². The molecule has 6 heteroatoms. The maximum absolute atomic E-state index is 11.4. The monoisotopic (exact) mass is 372 g/mol. The van der Waals surface area contributed by atoms with Gasteiger partial charge in [0.2, 0.25) is 0 Å². The van der Waals surface area contributed by atoms with Gasteiger partial charge in [-0.25, -0.2) is 9.44 Å². The molecule has 5 nitrogen and oxygen atoms in total. The van der Waals surface area contributed by atoms with Crippen LogP contribution < -0.4 is 9.44 Å². The Kier molecular flexibility index (Phi) is 5.56. The van der Waals surface area contributed by atoms with E-state index in [1.807, 2.05) is 0 Å². The summed E-state index contributed by atoms with van der Waals surface area (Å²) in [6.45, 7) is 8.23. The largest absolute Gasteiger partial charge is 0.378 e. The van der Waals surface area contributed by atoms with Crippen LogP contribution in [0, 0.1) is 28.6 Å². The second kappa shape index (κ2) is 7.10. The van der Waals surface area contributed by atoms with Crippen molar-refractivity contribution in [2.75, 3.05) is 20.2 Å². The van der Waals surface area contributed by atoms with E-state index in [2.05, 4.69) is 30.2 Å². The fraction of sp³-hybridized carbons (Fsp3) is 1.00. The molecule has 4 fully saturated rings. The fourth-order valence-corrected chi connectivity index (χ4v) is 6.89. The zero-order valence-electron chi connectivity index (χ0n) is 16.3. The van der Waals surface area contributed by atoms with E-state index in [0.29, 0.717) is 30.1 Å². The van der Waals surface area contributed by atoms with Gasteiger partial charge in [0, 0.05) is 20.2 Å². The summed E-state index contributed by atoms with van der Waals surface area (Å²) in [6, 6.07) is 0. The van der Waals surface area contributed by atoms with Crippen molar-refractivity contribution in [2.45, 2.75) is 71.8 Å². The van der Waals surface area contributed by atoms with E-state index in [4.69, 9.17) is 4.74 Å². The first-order valence-electron chi connectivity index (χ1n) is 9.91. The van der Waals surface area contributed by atoms with Gasteiger partial charge in [0.15, 0.2) is 0 Å². The highest BCUT2D eigenvalue weighted by Gasteiger charge is 2.56. The summed E-state index contributed by atoms with van der Waals surface area (Å²) in [4.78, 5) is 0. The Balaban J connectivity index is 1.50. The van der Waals surface area contributed by atoms with Gasteiger partial charge in [-0.3, -0.25) is 0 Å². The van der Waals surface area contributed by atoms with E-state index in [-0.39, 0.29) is 0 Å². The molecule has 4 aliphatic carbocycles. The van der Waals surface area contributed by atoms with E-state index < -0.39 is 10.2 Å². The van der Waals surface area contributed by atoms with Crippen molar-refractivity contribution in [2.24, 2.45) is 28.6 Å². The molecule has 0 amide bonds. The number of nitrogens with one attached hydrogen (secondary N) is 2. The first-order chi connectivity index (χ1) is 11.6. The molecule has 2 N–H and O–H groups in total. The summed E-state index contributed by atoms with van der Waals surface area (Å²) < 4.78 is 33.8. The van der Waals surface area contributed by atoms with Crippen LogP contribution >= 0.6 is 0 Å². The van der Waals surface area contributed by atoms with Gasteiger partial charge in [-0.1, -0.05) is 20.8 Å². The molecular formula is C19H36N2O3S. The zero-order valence-corrected chi connectivity index (χ0v) is 17.1. The molecule has 4 rings (SSSR count). The molecule has 4 bridgehead atoms. The van der Waals surface area contributed by atoms with Crippen LogP contribution in [-0.4, -0.2) is 34.7 Å². The molecule has 0 heterocycles. The summed E-state index contributed by atoms with van der Waals surface area (Å²) in [6.07, 6.45) is 9.30. The molecule has 0 radical (unpaired) electrons. The smallest absolute Gasteiger partial charge is 0.276 e. The predicted molar refractivity (Wildman–Crippen MR) is 100 cm³/mol. The Hall–Kier alpha value is -0.170. The third-order valence-corrected chi connectivity index (χ3v) is 7.53. The molecule has 2 unspecified atom stereocenters. The van der Waals surface area contributed by atoms with Crippen LogP contribution in [0.3, 0.4) is 0 Å². The van der Waals surface area contributed by atoms with Gasteiger partial charge in [-0.05, 0) is 73.5 Å². The van der Waals surface area contributed by atoms with Crippen molar-refractivity contribution in [1.29, 1.82) is 0 Å². The number of hydrogen-bond acceptors (Lipinski definition) is 3. The predicted octanol–water partition coefficient (Wildman–Crippen LogP) is 3.08. The molecule has 25 heavy (non-hydrogen) atoms. The quantitative estimate of drug-likeness (QED) is 0.644. The van der Waals surface area contributed by atoms with Gasteiger partial charge in [-0.2, -0.15) is 8.42 Å². The Morgan fingerprint density at radius 1 is 1.12 bits per heavy atom. The maximum Gasteiger partial charge on any atom is 0.276 e. The lowest BCUT2D eigenvalue weighted by atomic mass is 9.46. The molecule has 0 saturated heterocycles. The lowest BCUT2D eigenvalue weighted by molar-refractivity contribution is -0.166. The number of hydrogen-bond donors (Lipinski definition) is 2. The molecule has 0 aliphatic heterocycles. The van der Waals surface area contributed by atoms with Crippen molar-refractivity contribution in [3.05, 3.63) is 0 Å². The Bertz CT molecular complexity index is 554. The second-order valence-electron chi connectivity index (χ2n) is 10.00. The van der Waals surface area contributed by atoms with E-state index in [9.17, 15) is 8.42 Å². The van der Waals surface area contributed by atoms with Gasteiger partial charge >= 0.3 is 0 Å². The summed E-state index contributed by atoms with van der Waals surface area (Å²) in [5, 5.41) is 0. The van der Waals surface area contributed by atoms with Gasteiger partial charge < -0.3 is 4.74 Å². The molecule has 4 saturated carbocycles. The van der Waals surface area contributed by atoms with Crippen LogP contribution in [0.5, 0.6) is 0 Å². The highest BCUT2D eigenvalue weighted by atomic mass is 32.2. The van der Waals surface area contributed by atoms with Gasteiger partial charge in [0.1, 0.15) is 0 Å². The van der Waals surface area contributed by atoms with Gasteiger partial charge in [0.05, 0.1) is 6.10 Å². The fourth-order valence-electron chi connectivity index (χ4n) is 6.33. The van der Waals surface area contributed by atoms with Crippen molar-refractivity contribution in [3.63, 3.8) is 0 Å². The number of ether oxygens (including phenoxy) is 1. The van der Waals surface area contributed by atoms with Crippen molar-refractivity contribution in [1.82, 2.24) is 9.44 Å². The maximum atomic E-state index is 11.4. The lowest BCUT2D eigenvalue weighted by Crippen LogP contribution is -2.55. The van der Waals surface area contributed by atoms with Crippen LogP contribution in [0.25, 0.3) is 0 Å². The van der Waals surface area contributed by atoms with E-state index in [1.54, 1.807) is 0 Å². The van der Waals surface area contributed by atoms with E-state index >= 15 is 0 Å². The minimum absolute atomic E-state index is 0.408. The first kappa shape index (κ1) is 19.6. The third-order valence-electron chi connectivity index (χ3n) is 6.41. The highest BCUT2D eigenvalue weighted by molar-refractivity contribution is 7.87. The van der Waals surface area contributed by atoms with Gasteiger partial charge in [0.25, 0.3) is 10.2 Å². The van der Waals surface area contributed by atoms with Crippen molar-refractivity contribution < 1.29 is 13.2 Å². The summed E-state index contributed by atoms with van der Waals surface area (Å²) >= 11 is 0. The summed E-state index contributed by atoms with van der Waals surface area (Å²) in [5.41, 5.74) is 0.976. The highest BCUT2D eigenvalue weighted by Crippen LogP contribution is 2.63. The van der Waals surface area contributed by atoms with Gasteiger partial charge in [-0.15, -0.1) is 0 Å². The average molecular weight is 373 g/mol. The average Bonchev–Trinajstić information content (AvgIpc) is 2.46. The minimum atomic E-state index is -3.32. The molecule has 0 aromatic heterocycles. The Labute approximate surface area is 153 Å². The third kappa shape index (κ3) is 4.76. The van der Waals surface area contributed by atoms with E-state index in [1.165, 1.54) is 45.6 Å². The first-order valence-corrected chi connectivity index (χ1v) is 11.4. The molecule has 146 valence electrons. The SMILES string of the molecule is CNS(=O)(=O)NCCCOC1C2CC3CC1CC(CC(C)(C)C)(C3)C2. The molecule has 0 spiro atoms. The molecule has 0 aromatic carbocycles. The van der Waals surface area contributed by atoms with Crippen LogP contribution in [0.1, 0.15) is 65.7 Å². The molecule has 0 aromatic rings. The van der Waals surface area contributed by atoms with Crippen LogP contribution in [0.4, 0.5) is 0 Å². The normalized spacial score (nSPS) is 37.6. The van der Waals surface area contributed by atoms with Crippen molar-refractivity contribution >= 4 is 10.2 Å². The summed E-state index contributed by atoms with van der Waals surface area (Å²) in [5.74, 6) is 2.37. The second-order valence-corrected chi connectivity index (χ2v) is 11.7. The Morgan fingerprint density at radius 3 is 2.32 bits per heavy atom. The minimum Gasteiger partial charge on any atom is -0.378 e. The number of rotatable bonds is 8. The zero-order chi connectivity index (χ0) is 18.3. The molecular weight excluding hydrogens is 336 g/mol. The Morgan fingerprint density at radius 2 is 1.76 bits per heavy atom. The summed E-state index contributed by atoms with van der Waals surface area (Å²) in [7, 11) is -1.90. The molecule has 4 aliphatic rings. The van der Waals surface area contributed by atoms with Crippen molar-refractivity contribution in [3.8, 4) is 0 Å². The van der Waals surface area contributed by atoms with Crippen LogP contribution in [0.15, 0.2) is 0 Å². The molecule has 2 atom stereocenters. The standard InChI is InChI=1S/C19H36N2O3S/c1-18(2,3)13-19-10-14-8-15(11-19)17(16(9-14)12-19)24-7-5-6-21-25(22,23)20-4/h14-17,20-21H,5-13H2,1-4H3. The van der Waals surface area contributed by atoms with Crippen LogP contribution in [-0.2, 0) is 14.9 Å².